The van der Waals surface area contributed by atoms with E-state index in [4.69, 9.17) is 4.42 Å². The molecule has 0 radical (unpaired) electrons. The first-order chi connectivity index (χ1) is 17.5. The van der Waals surface area contributed by atoms with Gasteiger partial charge in [0.2, 0.25) is 11.7 Å². The minimum Gasteiger partial charge on any atom is -0.440 e. The van der Waals surface area contributed by atoms with Gasteiger partial charge in [-0.05, 0) is 67.4 Å². The van der Waals surface area contributed by atoms with Crippen LogP contribution in [0.1, 0.15) is 17.0 Å². The van der Waals surface area contributed by atoms with Gasteiger partial charge in [-0.15, -0.1) is 10.2 Å². The Labute approximate surface area is 209 Å². The molecule has 0 atom stereocenters. The number of thioether (sulfide) groups is 1. The zero-order valence-electron chi connectivity index (χ0n) is 19.5. The van der Waals surface area contributed by atoms with E-state index in [1.54, 1.807) is 22.9 Å². The number of aromatic nitrogens is 5. The molecule has 6 rings (SSSR count). The SMILES string of the molecule is Cc1cccc(-n2c(=O)c3ccccc3n3c(SCc4ncc(-c5ccc(F)cc5)o4)nnc23)c1C. The van der Waals surface area contributed by atoms with E-state index >= 15 is 0 Å². The Bertz CT molecular complexity index is 1800. The lowest BCUT2D eigenvalue weighted by Crippen LogP contribution is -2.22. The summed E-state index contributed by atoms with van der Waals surface area (Å²) in [6.07, 6.45) is 1.62. The molecule has 0 spiro atoms. The van der Waals surface area contributed by atoms with Gasteiger partial charge in [-0.1, -0.05) is 36.0 Å². The highest BCUT2D eigenvalue weighted by atomic mass is 32.2. The van der Waals surface area contributed by atoms with Crippen molar-refractivity contribution in [3.8, 4) is 17.0 Å². The summed E-state index contributed by atoms with van der Waals surface area (Å²) in [5, 5.41) is 10.0. The molecule has 0 unspecified atom stereocenters. The van der Waals surface area contributed by atoms with Gasteiger partial charge in [0.1, 0.15) is 5.82 Å². The molecule has 0 aliphatic carbocycles. The van der Waals surface area contributed by atoms with Crippen LogP contribution in [0, 0.1) is 19.7 Å². The lowest BCUT2D eigenvalue weighted by atomic mass is 10.1. The highest BCUT2D eigenvalue weighted by Gasteiger charge is 2.20. The molecule has 0 aliphatic rings. The number of benzene rings is 3. The molecule has 6 aromatic rings. The molecule has 7 nitrogen and oxygen atoms in total. The predicted molar refractivity (Wildman–Crippen MR) is 137 cm³/mol. The summed E-state index contributed by atoms with van der Waals surface area (Å²) in [6.45, 7) is 4.01. The predicted octanol–water partition coefficient (Wildman–Crippen LogP) is 5.74. The van der Waals surface area contributed by atoms with Gasteiger partial charge in [0.25, 0.3) is 5.56 Å². The fraction of sp³-hybridized carbons (Fsp3) is 0.111. The quantitative estimate of drug-likeness (QED) is 0.283. The first-order valence-electron chi connectivity index (χ1n) is 11.3. The van der Waals surface area contributed by atoms with Crippen molar-refractivity contribution in [1.29, 1.82) is 0 Å². The molecule has 0 aliphatic heterocycles. The average molecular weight is 498 g/mol. The van der Waals surface area contributed by atoms with Crippen LogP contribution in [0.3, 0.4) is 0 Å². The third kappa shape index (κ3) is 3.68. The molecule has 0 N–H and O–H groups in total. The number of hydrogen-bond donors (Lipinski definition) is 0. The molecule has 0 saturated heterocycles. The fourth-order valence-electron chi connectivity index (χ4n) is 4.22. The van der Waals surface area contributed by atoms with Gasteiger partial charge in [-0.25, -0.2) is 13.9 Å². The van der Waals surface area contributed by atoms with E-state index in [1.165, 1.54) is 23.9 Å². The topological polar surface area (TPSA) is 78.2 Å². The number of halogens is 1. The summed E-state index contributed by atoms with van der Waals surface area (Å²) >= 11 is 1.41. The zero-order chi connectivity index (χ0) is 24.8. The van der Waals surface area contributed by atoms with Gasteiger partial charge in [0, 0.05) is 5.56 Å². The number of nitrogens with zero attached hydrogens (tertiary/aromatic N) is 5. The van der Waals surface area contributed by atoms with Crippen molar-refractivity contribution in [2.75, 3.05) is 0 Å². The molecule has 0 amide bonds. The largest absolute Gasteiger partial charge is 0.440 e. The van der Waals surface area contributed by atoms with Crippen molar-refractivity contribution in [3.05, 3.63) is 106 Å². The van der Waals surface area contributed by atoms with E-state index in [9.17, 15) is 9.18 Å². The summed E-state index contributed by atoms with van der Waals surface area (Å²) in [6, 6.07) is 19.4. The maximum absolute atomic E-state index is 13.6. The number of hydrogen-bond acceptors (Lipinski definition) is 6. The van der Waals surface area contributed by atoms with E-state index in [-0.39, 0.29) is 11.4 Å². The number of fused-ring (bicyclic) bond motifs is 3. The van der Waals surface area contributed by atoms with Crippen LogP contribution in [0.5, 0.6) is 0 Å². The van der Waals surface area contributed by atoms with Crippen LogP contribution in [0.4, 0.5) is 4.39 Å². The van der Waals surface area contributed by atoms with Crippen molar-refractivity contribution in [2.24, 2.45) is 0 Å². The lowest BCUT2D eigenvalue weighted by molar-refractivity contribution is 0.529. The molecule has 0 bridgehead atoms. The summed E-state index contributed by atoms with van der Waals surface area (Å²) in [5.41, 5.74) is 4.19. The second-order valence-electron chi connectivity index (χ2n) is 8.41. The highest BCUT2D eigenvalue weighted by Crippen LogP contribution is 2.28. The molecule has 0 fully saturated rings. The first kappa shape index (κ1) is 22.2. The molecule has 178 valence electrons. The standard InChI is InChI=1S/C27H20FN5O2S/c1-16-6-5-9-21(17(16)2)32-25(34)20-7-3-4-8-22(20)33-26(32)30-31-27(33)36-15-24-29-14-23(35-24)18-10-12-19(28)13-11-18/h3-14H,15H2,1-2H3. The van der Waals surface area contributed by atoms with Crippen LogP contribution >= 0.6 is 11.8 Å². The van der Waals surface area contributed by atoms with Crippen molar-refractivity contribution in [2.45, 2.75) is 24.8 Å². The Balaban J connectivity index is 1.43. The van der Waals surface area contributed by atoms with E-state index in [2.05, 4.69) is 15.2 Å². The minimum atomic E-state index is -0.306. The number of oxazole rings is 1. The fourth-order valence-corrected chi connectivity index (χ4v) is 5.01. The number of rotatable bonds is 5. The number of para-hydroxylation sites is 1. The van der Waals surface area contributed by atoms with E-state index < -0.39 is 0 Å². The molecule has 3 aromatic heterocycles. The van der Waals surface area contributed by atoms with E-state index in [0.717, 1.165) is 27.9 Å². The first-order valence-corrected chi connectivity index (χ1v) is 12.3. The van der Waals surface area contributed by atoms with Crippen LogP contribution < -0.4 is 5.56 Å². The second kappa shape index (κ2) is 8.76. The van der Waals surface area contributed by atoms with Crippen molar-refractivity contribution < 1.29 is 8.81 Å². The smallest absolute Gasteiger partial charge is 0.267 e. The summed E-state index contributed by atoms with van der Waals surface area (Å²) in [5.74, 6) is 1.60. The van der Waals surface area contributed by atoms with Gasteiger partial charge >= 0.3 is 0 Å². The van der Waals surface area contributed by atoms with Crippen LogP contribution in [0.15, 0.2) is 87.3 Å². The van der Waals surface area contributed by atoms with Gasteiger partial charge in [-0.3, -0.25) is 9.20 Å². The average Bonchev–Trinajstić information content (AvgIpc) is 3.53. The van der Waals surface area contributed by atoms with Crippen LogP contribution in [-0.4, -0.2) is 24.1 Å². The van der Waals surface area contributed by atoms with Crippen molar-refractivity contribution >= 4 is 28.4 Å². The summed E-state index contributed by atoms with van der Waals surface area (Å²) < 4.78 is 22.6. The van der Waals surface area contributed by atoms with Crippen molar-refractivity contribution in [1.82, 2.24) is 24.1 Å². The van der Waals surface area contributed by atoms with E-state index in [0.29, 0.717) is 33.7 Å². The maximum atomic E-state index is 13.6. The van der Waals surface area contributed by atoms with Crippen LogP contribution in [0.2, 0.25) is 0 Å². The molecule has 36 heavy (non-hydrogen) atoms. The second-order valence-corrected chi connectivity index (χ2v) is 9.35. The molecule has 0 saturated carbocycles. The van der Waals surface area contributed by atoms with E-state index in [1.807, 2.05) is 60.7 Å². The van der Waals surface area contributed by atoms with Gasteiger partial charge in [0.05, 0.1) is 28.5 Å². The van der Waals surface area contributed by atoms with Gasteiger partial charge in [-0.2, -0.15) is 0 Å². The molecular formula is C27H20FN5O2S. The van der Waals surface area contributed by atoms with Gasteiger partial charge < -0.3 is 4.42 Å². The Morgan fingerprint density at radius 3 is 2.61 bits per heavy atom. The molecule has 3 heterocycles. The summed E-state index contributed by atoms with van der Waals surface area (Å²) in [7, 11) is 0. The zero-order valence-corrected chi connectivity index (χ0v) is 20.3. The third-order valence-corrected chi connectivity index (χ3v) is 7.13. The van der Waals surface area contributed by atoms with Gasteiger partial charge in [0.15, 0.2) is 10.9 Å². The lowest BCUT2D eigenvalue weighted by Gasteiger charge is -2.14. The third-order valence-electron chi connectivity index (χ3n) is 6.22. The Morgan fingerprint density at radius 2 is 1.78 bits per heavy atom. The molecule has 9 heteroatoms. The maximum Gasteiger partial charge on any atom is 0.267 e. The van der Waals surface area contributed by atoms with Crippen LogP contribution in [0.25, 0.3) is 33.7 Å². The highest BCUT2D eigenvalue weighted by molar-refractivity contribution is 7.98. The molecule has 3 aromatic carbocycles. The summed E-state index contributed by atoms with van der Waals surface area (Å²) in [4.78, 5) is 17.9. The Kier molecular flexibility index (Phi) is 5.41. The molecular weight excluding hydrogens is 477 g/mol. The Morgan fingerprint density at radius 1 is 0.972 bits per heavy atom. The number of aryl methyl sites for hydroxylation is 1. The van der Waals surface area contributed by atoms with Crippen molar-refractivity contribution in [3.63, 3.8) is 0 Å². The minimum absolute atomic E-state index is 0.146. The monoisotopic (exact) mass is 497 g/mol. The van der Waals surface area contributed by atoms with Crippen LogP contribution in [-0.2, 0) is 5.75 Å². The Hall–Kier alpha value is -4.24. The normalized spacial score (nSPS) is 11.5.